The molecule has 1 spiro atoms. The van der Waals surface area contributed by atoms with Gasteiger partial charge < -0.3 is 24.4 Å². The maximum absolute atomic E-state index is 12.2. The normalized spacial score (nSPS) is 15.7. The van der Waals surface area contributed by atoms with E-state index in [2.05, 4.69) is 40.5 Å². The van der Waals surface area contributed by atoms with E-state index in [1.54, 1.807) is 0 Å². The molecule has 1 saturated heterocycles. The SMILES string of the molecule is COC(=O)Cc1ccccc1OCc1cc(-c2cccc(CNC(=O)OC(C)(C)C)c2)cc(N2CCCC3(CC3)C2)c1. The monoisotopic (exact) mass is 570 g/mol. The molecule has 1 saturated carbocycles. The predicted molar refractivity (Wildman–Crippen MR) is 165 cm³/mol. The Morgan fingerprint density at radius 1 is 0.929 bits per heavy atom. The van der Waals surface area contributed by atoms with Crippen LogP contribution in [-0.2, 0) is 33.8 Å². The molecule has 2 aliphatic rings. The van der Waals surface area contributed by atoms with Crippen LogP contribution in [0.4, 0.5) is 10.5 Å². The average molecular weight is 571 g/mol. The lowest BCUT2D eigenvalue weighted by atomic mass is 9.93. The molecule has 1 amide bonds. The van der Waals surface area contributed by atoms with Crippen molar-refractivity contribution in [3.05, 3.63) is 83.4 Å². The largest absolute Gasteiger partial charge is 0.489 e. The smallest absolute Gasteiger partial charge is 0.407 e. The number of methoxy groups -OCH3 is 1. The van der Waals surface area contributed by atoms with Gasteiger partial charge >= 0.3 is 12.1 Å². The van der Waals surface area contributed by atoms with Gasteiger partial charge in [-0.05, 0) is 104 Å². The highest BCUT2D eigenvalue weighted by atomic mass is 16.6. The molecule has 0 atom stereocenters. The molecule has 0 aromatic heterocycles. The number of esters is 1. The lowest BCUT2D eigenvalue weighted by Crippen LogP contribution is -2.36. The first-order valence-corrected chi connectivity index (χ1v) is 14.8. The summed E-state index contributed by atoms with van der Waals surface area (Å²) in [5.74, 6) is 0.385. The molecule has 0 bridgehead atoms. The highest BCUT2D eigenvalue weighted by molar-refractivity contribution is 5.73. The van der Waals surface area contributed by atoms with Crippen molar-refractivity contribution in [2.45, 2.75) is 71.6 Å². The van der Waals surface area contributed by atoms with Gasteiger partial charge in [-0.25, -0.2) is 4.79 Å². The third-order valence-electron chi connectivity index (χ3n) is 7.99. The number of anilines is 1. The third-order valence-corrected chi connectivity index (χ3v) is 7.99. The van der Waals surface area contributed by atoms with Gasteiger partial charge in [-0.3, -0.25) is 4.79 Å². The van der Waals surface area contributed by atoms with Crippen molar-refractivity contribution in [3.8, 4) is 16.9 Å². The van der Waals surface area contributed by atoms with Crippen LogP contribution in [0.5, 0.6) is 5.75 Å². The van der Waals surface area contributed by atoms with Crippen molar-refractivity contribution in [2.75, 3.05) is 25.1 Å². The molecule has 1 N–H and O–H groups in total. The Morgan fingerprint density at radius 2 is 1.71 bits per heavy atom. The highest BCUT2D eigenvalue weighted by Crippen LogP contribution is 2.52. The molecule has 7 heteroatoms. The number of hydrogen-bond acceptors (Lipinski definition) is 6. The zero-order chi connectivity index (χ0) is 29.7. The Morgan fingerprint density at radius 3 is 2.48 bits per heavy atom. The Labute approximate surface area is 249 Å². The van der Waals surface area contributed by atoms with Crippen molar-refractivity contribution in [2.24, 2.45) is 5.41 Å². The van der Waals surface area contributed by atoms with Crippen molar-refractivity contribution >= 4 is 17.7 Å². The van der Waals surface area contributed by atoms with E-state index in [0.29, 0.717) is 24.3 Å². The Hall–Kier alpha value is -4.00. The maximum Gasteiger partial charge on any atom is 0.407 e. The second-order valence-corrected chi connectivity index (χ2v) is 12.6. The molecule has 222 valence electrons. The molecule has 7 nitrogen and oxygen atoms in total. The summed E-state index contributed by atoms with van der Waals surface area (Å²) in [4.78, 5) is 26.7. The minimum atomic E-state index is -0.543. The second-order valence-electron chi connectivity index (χ2n) is 12.6. The lowest BCUT2D eigenvalue weighted by molar-refractivity contribution is -0.139. The van der Waals surface area contributed by atoms with Crippen molar-refractivity contribution in [1.29, 1.82) is 0 Å². The number of ether oxygens (including phenoxy) is 3. The van der Waals surface area contributed by atoms with Crippen LogP contribution in [0.1, 0.15) is 63.1 Å². The van der Waals surface area contributed by atoms with Crippen LogP contribution < -0.4 is 15.0 Å². The fraction of sp³-hybridized carbons (Fsp3) is 0.429. The number of nitrogens with one attached hydrogen (secondary N) is 1. The van der Waals surface area contributed by atoms with Gasteiger partial charge in [0.15, 0.2) is 0 Å². The van der Waals surface area contributed by atoms with Crippen LogP contribution >= 0.6 is 0 Å². The van der Waals surface area contributed by atoms with Crippen LogP contribution in [0.2, 0.25) is 0 Å². The van der Waals surface area contributed by atoms with E-state index in [1.165, 1.54) is 38.5 Å². The molecule has 3 aromatic carbocycles. The minimum Gasteiger partial charge on any atom is -0.489 e. The zero-order valence-electron chi connectivity index (χ0n) is 25.2. The average Bonchev–Trinajstić information content (AvgIpc) is 3.72. The maximum atomic E-state index is 12.2. The fourth-order valence-corrected chi connectivity index (χ4v) is 5.65. The molecule has 0 radical (unpaired) electrons. The van der Waals surface area contributed by atoms with Crippen LogP contribution in [0.3, 0.4) is 0 Å². The van der Waals surface area contributed by atoms with Gasteiger partial charge in [0.2, 0.25) is 0 Å². The van der Waals surface area contributed by atoms with E-state index in [9.17, 15) is 9.59 Å². The Balaban J connectivity index is 1.39. The summed E-state index contributed by atoms with van der Waals surface area (Å²) in [6.07, 6.45) is 4.91. The molecule has 1 aliphatic heterocycles. The van der Waals surface area contributed by atoms with Gasteiger partial charge in [0.05, 0.1) is 13.5 Å². The van der Waals surface area contributed by atoms with Crippen LogP contribution in [0.25, 0.3) is 11.1 Å². The number of benzene rings is 3. The highest BCUT2D eigenvalue weighted by Gasteiger charge is 2.45. The van der Waals surface area contributed by atoms with E-state index in [0.717, 1.165) is 40.9 Å². The lowest BCUT2D eigenvalue weighted by Gasteiger charge is -2.35. The van der Waals surface area contributed by atoms with Crippen LogP contribution in [-0.4, -0.2) is 37.9 Å². The summed E-state index contributed by atoms with van der Waals surface area (Å²) < 4.78 is 16.6. The summed E-state index contributed by atoms with van der Waals surface area (Å²) in [5, 5.41) is 2.86. The molecule has 1 aliphatic carbocycles. The number of carbonyl (C=O) groups excluding carboxylic acids is 2. The molecule has 3 aromatic rings. The van der Waals surface area contributed by atoms with Crippen molar-refractivity contribution in [1.82, 2.24) is 5.32 Å². The first kappa shape index (κ1) is 29.5. The van der Waals surface area contributed by atoms with E-state index in [-0.39, 0.29) is 12.4 Å². The first-order valence-electron chi connectivity index (χ1n) is 14.8. The van der Waals surface area contributed by atoms with Gasteiger partial charge in [-0.15, -0.1) is 0 Å². The number of para-hydroxylation sites is 1. The topological polar surface area (TPSA) is 77.1 Å². The molecular weight excluding hydrogens is 528 g/mol. The van der Waals surface area contributed by atoms with E-state index in [4.69, 9.17) is 14.2 Å². The zero-order valence-corrected chi connectivity index (χ0v) is 25.2. The Kier molecular flexibility index (Phi) is 8.76. The van der Waals surface area contributed by atoms with Crippen LogP contribution in [0.15, 0.2) is 66.7 Å². The number of alkyl carbamates (subject to hydrolysis) is 1. The van der Waals surface area contributed by atoms with Gasteiger partial charge in [0.1, 0.15) is 18.0 Å². The number of nitrogens with zero attached hydrogens (tertiary/aromatic N) is 1. The van der Waals surface area contributed by atoms with E-state index < -0.39 is 11.7 Å². The number of amides is 1. The first-order chi connectivity index (χ1) is 20.1. The minimum absolute atomic E-state index is 0.165. The van der Waals surface area contributed by atoms with Gasteiger partial charge in [-0.1, -0.05) is 36.4 Å². The summed E-state index contributed by atoms with van der Waals surface area (Å²) in [6.45, 7) is 8.46. The van der Waals surface area contributed by atoms with Crippen LogP contribution in [0, 0.1) is 5.41 Å². The fourth-order valence-electron chi connectivity index (χ4n) is 5.65. The standard InChI is InChI=1S/C35H42N2O5/c1-34(2,3)42-33(39)36-22-25-9-7-11-27(17-25)29-18-26(19-30(20-29)37-16-8-13-35(24-37)14-15-35)23-41-31-12-6-5-10-28(31)21-32(38)40-4/h5-7,9-12,17-20H,8,13-16,21-24H2,1-4H3,(H,36,39). The number of piperidine rings is 1. The van der Waals surface area contributed by atoms with Crippen molar-refractivity contribution < 1.29 is 23.8 Å². The summed E-state index contributed by atoms with van der Waals surface area (Å²) in [7, 11) is 1.40. The Bertz CT molecular complexity index is 1420. The molecule has 1 heterocycles. The second kappa shape index (κ2) is 12.5. The van der Waals surface area contributed by atoms with E-state index >= 15 is 0 Å². The summed E-state index contributed by atoms with van der Waals surface area (Å²) >= 11 is 0. The molecular formula is C35H42N2O5. The van der Waals surface area contributed by atoms with E-state index in [1.807, 2.05) is 57.2 Å². The van der Waals surface area contributed by atoms with Gasteiger partial charge in [0.25, 0.3) is 0 Å². The quantitative estimate of drug-likeness (QED) is 0.278. The van der Waals surface area contributed by atoms with Gasteiger partial charge in [-0.2, -0.15) is 0 Å². The number of carbonyl (C=O) groups is 2. The van der Waals surface area contributed by atoms with Gasteiger partial charge in [0, 0.05) is 30.9 Å². The molecule has 42 heavy (non-hydrogen) atoms. The number of hydrogen-bond donors (Lipinski definition) is 1. The summed E-state index contributed by atoms with van der Waals surface area (Å²) in [6, 6.07) is 22.5. The third kappa shape index (κ3) is 7.84. The molecule has 0 unspecified atom stereocenters. The summed E-state index contributed by atoms with van der Waals surface area (Å²) in [5.41, 5.74) is 6.18. The number of rotatable bonds is 9. The predicted octanol–water partition coefficient (Wildman–Crippen LogP) is 7.05. The molecule has 5 rings (SSSR count). The molecule has 2 fully saturated rings. The van der Waals surface area contributed by atoms with Crippen molar-refractivity contribution in [3.63, 3.8) is 0 Å².